The van der Waals surface area contributed by atoms with Gasteiger partial charge < -0.3 is 23.8 Å². The Bertz CT molecular complexity index is 1460. The summed E-state index contributed by atoms with van der Waals surface area (Å²) in [6.45, 7) is 4.13. The van der Waals surface area contributed by atoms with Crippen LogP contribution in [0.4, 0.5) is 18.9 Å². The Hall–Kier alpha value is -4.46. The number of halogens is 3. The van der Waals surface area contributed by atoms with Gasteiger partial charge in [0.05, 0.1) is 44.2 Å². The quantitative estimate of drug-likeness (QED) is 0.236. The van der Waals surface area contributed by atoms with E-state index in [2.05, 4.69) is 5.32 Å². The van der Waals surface area contributed by atoms with Gasteiger partial charge in [-0.1, -0.05) is 42.5 Å². The maximum absolute atomic E-state index is 14.8. The van der Waals surface area contributed by atoms with Crippen molar-refractivity contribution < 1.29 is 56.1 Å². The molecule has 14 heteroatoms. The molecule has 1 fully saturated rings. The SMILES string of the molecule is CCOC(=O)[C@@H]1[C@H](C(=O)OCC)C(C(=O)OCC)(C(=O)OCC)N[C@@]12C(=O)N(Cc1ccccc1)c1c(C(F)(F)F)cccc12. The van der Waals surface area contributed by atoms with E-state index in [-0.39, 0.29) is 26.4 Å². The van der Waals surface area contributed by atoms with Crippen LogP contribution >= 0.6 is 0 Å². The van der Waals surface area contributed by atoms with Crippen LogP contribution in [0.2, 0.25) is 0 Å². The lowest BCUT2D eigenvalue weighted by molar-refractivity contribution is -0.176. The summed E-state index contributed by atoms with van der Waals surface area (Å²) >= 11 is 0. The number of ether oxygens (including phenoxy) is 4. The van der Waals surface area contributed by atoms with Crippen molar-refractivity contribution >= 4 is 35.5 Å². The summed E-state index contributed by atoms with van der Waals surface area (Å²) in [5.41, 5.74) is -7.33. The van der Waals surface area contributed by atoms with Crippen LogP contribution in [-0.4, -0.2) is 61.8 Å². The van der Waals surface area contributed by atoms with Gasteiger partial charge in [-0.15, -0.1) is 0 Å². The van der Waals surface area contributed by atoms with E-state index in [1.807, 2.05) is 0 Å². The molecule has 0 aromatic heterocycles. The summed E-state index contributed by atoms with van der Waals surface area (Å²) in [4.78, 5) is 71.0. The third-order valence-electron chi connectivity index (χ3n) is 7.74. The molecule has 2 aliphatic rings. The summed E-state index contributed by atoms with van der Waals surface area (Å²) < 4.78 is 64.6. The average molecular weight is 635 g/mol. The molecule has 45 heavy (non-hydrogen) atoms. The van der Waals surface area contributed by atoms with Gasteiger partial charge in [-0.25, -0.2) is 9.59 Å². The monoisotopic (exact) mass is 634 g/mol. The number of benzene rings is 2. The van der Waals surface area contributed by atoms with E-state index in [0.29, 0.717) is 5.56 Å². The van der Waals surface area contributed by atoms with Crippen molar-refractivity contribution in [1.29, 1.82) is 0 Å². The highest BCUT2D eigenvalue weighted by atomic mass is 19.4. The minimum absolute atomic E-state index is 0.274. The van der Waals surface area contributed by atoms with E-state index < -0.39 is 82.2 Å². The second-order valence-electron chi connectivity index (χ2n) is 10.2. The van der Waals surface area contributed by atoms with Crippen molar-refractivity contribution in [3.8, 4) is 0 Å². The van der Waals surface area contributed by atoms with Crippen LogP contribution in [0.3, 0.4) is 0 Å². The number of hydrogen-bond donors (Lipinski definition) is 1. The number of hydrogen-bond acceptors (Lipinski definition) is 10. The van der Waals surface area contributed by atoms with Gasteiger partial charge in [0.1, 0.15) is 17.4 Å². The van der Waals surface area contributed by atoms with E-state index in [0.717, 1.165) is 17.0 Å². The molecule has 2 heterocycles. The summed E-state index contributed by atoms with van der Waals surface area (Å²) in [6, 6.07) is 11.1. The van der Waals surface area contributed by atoms with E-state index in [9.17, 15) is 37.1 Å². The molecule has 1 spiro atoms. The fourth-order valence-electron chi connectivity index (χ4n) is 6.13. The zero-order chi connectivity index (χ0) is 33.2. The Morgan fingerprint density at radius 3 is 1.82 bits per heavy atom. The van der Waals surface area contributed by atoms with Crippen molar-refractivity contribution in [2.45, 2.75) is 51.5 Å². The fourth-order valence-corrected chi connectivity index (χ4v) is 6.13. The largest absolute Gasteiger partial charge is 0.466 e. The van der Waals surface area contributed by atoms with Gasteiger partial charge in [0.2, 0.25) is 5.54 Å². The fraction of sp³-hybridized carbons (Fsp3) is 0.452. The maximum Gasteiger partial charge on any atom is 0.418 e. The number of anilines is 1. The molecule has 3 atom stereocenters. The van der Waals surface area contributed by atoms with Crippen molar-refractivity contribution in [2.24, 2.45) is 11.8 Å². The summed E-state index contributed by atoms with van der Waals surface area (Å²) in [6.07, 6.45) is -4.98. The number of fused-ring (bicyclic) bond motifs is 2. The Labute approximate surface area is 256 Å². The van der Waals surface area contributed by atoms with Crippen LogP contribution in [0.5, 0.6) is 0 Å². The Morgan fingerprint density at radius 2 is 1.31 bits per heavy atom. The van der Waals surface area contributed by atoms with Crippen molar-refractivity contribution in [3.63, 3.8) is 0 Å². The maximum atomic E-state index is 14.8. The van der Waals surface area contributed by atoms with Gasteiger partial charge in [0, 0.05) is 5.56 Å². The van der Waals surface area contributed by atoms with Crippen molar-refractivity contribution in [2.75, 3.05) is 31.3 Å². The topological polar surface area (TPSA) is 138 Å². The standard InChI is InChI=1S/C31H33F3N2O9/c1-5-42-24(37)21-22(25(38)43-6-2)30(27(40)44-7-3,28(41)45-8-4)35-29(21)19-15-12-16-20(31(32,33)34)23(19)36(26(29)39)17-18-13-10-9-11-14-18/h9-16,21-22,35H,5-8,17H2,1-4H3/t21-,22+,29+/m0/s1. The molecule has 1 saturated heterocycles. The first kappa shape index (κ1) is 33.4. The third kappa shape index (κ3) is 5.40. The Balaban J connectivity index is 2.14. The number of alkyl halides is 3. The second kappa shape index (κ2) is 12.9. The van der Waals surface area contributed by atoms with Gasteiger partial charge in [0.15, 0.2) is 0 Å². The minimum atomic E-state index is -4.98. The molecule has 0 aliphatic carbocycles. The molecule has 0 radical (unpaired) electrons. The second-order valence-corrected chi connectivity index (χ2v) is 10.2. The molecule has 1 N–H and O–H groups in total. The zero-order valence-corrected chi connectivity index (χ0v) is 25.1. The van der Waals surface area contributed by atoms with Crippen molar-refractivity contribution in [3.05, 3.63) is 65.2 Å². The van der Waals surface area contributed by atoms with E-state index in [1.54, 1.807) is 30.3 Å². The summed E-state index contributed by atoms with van der Waals surface area (Å²) in [5.74, 6) is -10.7. The third-order valence-corrected chi connectivity index (χ3v) is 7.74. The van der Waals surface area contributed by atoms with E-state index in [4.69, 9.17) is 18.9 Å². The zero-order valence-electron chi connectivity index (χ0n) is 25.1. The molecule has 2 aliphatic heterocycles. The van der Waals surface area contributed by atoms with E-state index >= 15 is 0 Å². The highest BCUT2D eigenvalue weighted by molar-refractivity contribution is 6.17. The Kier molecular flexibility index (Phi) is 9.57. The number of esters is 4. The first-order valence-electron chi connectivity index (χ1n) is 14.4. The van der Waals surface area contributed by atoms with Crippen LogP contribution in [0.15, 0.2) is 48.5 Å². The number of amides is 1. The number of carbonyl (C=O) groups excluding carboxylic acids is 5. The normalized spacial score (nSPS) is 21.8. The molecule has 242 valence electrons. The van der Waals surface area contributed by atoms with Crippen molar-refractivity contribution in [1.82, 2.24) is 5.32 Å². The molecule has 4 rings (SSSR count). The van der Waals surface area contributed by atoms with Gasteiger partial charge >= 0.3 is 30.1 Å². The molecule has 0 unspecified atom stereocenters. The lowest BCUT2D eigenvalue weighted by Crippen LogP contribution is -2.65. The molecule has 0 saturated carbocycles. The predicted molar refractivity (Wildman–Crippen MR) is 150 cm³/mol. The van der Waals surface area contributed by atoms with Gasteiger partial charge in [-0.2, -0.15) is 13.2 Å². The highest BCUT2D eigenvalue weighted by Gasteiger charge is 2.79. The van der Waals surface area contributed by atoms with Crippen LogP contribution in [0.25, 0.3) is 0 Å². The number of nitrogens with zero attached hydrogens (tertiary/aromatic N) is 1. The number of nitrogens with one attached hydrogen (secondary N) is 1. The average Bonchev–Trinajstić information content (AvgIpc) is 3.45. The molecule has 11 nitrogen and oxygen atoms in total. The first-order chi connectivity index (χ1) is 21.4. The highest BCUT2D eigenvalue weighted by Crippen LogP contribution is 2.58. The molecule has 1 amide bonds. The summed E-state index contributed by atoms with van der Waals surface area (Å²) in [7, 11) is 0. The smallest absolute Gasteiger partial charge is 0.418 e. The van der Waals surface area contributed by atoms with Crippen LogP contribution in [0, 0.1) is 11.8 Å². The van der Waals surface area contributed by atoms with Gasteiger partial charge in [0.25, 0.3) is 5.91 Å². The number of para-hydroxylation sites is 1. The summed E-state index contributed by atoms with van der Waals surface area (Å²) in [5, 5.41) is 2.62. The van der Waals surface area contributed by atoms with Gasteiger partial charge in [-0.05, 0) is 39.3 Å². The van der Waals surface area contributed by atoms with Crippen LogP contribution in [-0.2, 0) is 61.2 Å². The minimum Gasteiger partial charge on any atom is -0.466 e. The molecule has 2 aromatic rings. The Morgan fingerprint density at radius 1 is 0.778 bits per heavy atom. The predicted octanol–water partition coefficient (Wildman–Crippen LogP) is 3.27. The van der Waals surface area contributed by atoms with Crippen LogP contribution in [0.1, 0.15) is 44.4 Å². The molecular weight excluding hydrogens is 601 g/mol. The lowest BCUT2D eigenvalue weighted by Gasteiger charge is -2.31. The lowest BCUT2D eigenvalue weighted by atomic mass is 9.72. The number of carbonyl (C=O) groups is 5. The molecular formula is C31H33F3N2O9. The molecule has 0 bridgehead atoms. The van der Waals surface area contributed by atoms with Crippen LogP contribution < -0.4 is 10.2 Å². The number of rotatable bonds is 10. The van der Waals surface area contributed by atoms with Gasteiger partial charge in [-0.3, -0.25) is 19.7 Å². The molecule has 2 aromatic carbocycles. The first-order valence-corrected chi connectivity index (χ1v) is 14.4. The van der Waals surface area contributed by atoms with E-state index in [1.165, 1.54) is 33.8 Å².